The lowest BCUT2D eigenvalue weighted by Gasteiger charge is -2.45. The van der Waals surface area contributed by atoms with Crippen LogP contribution in [0.5, 0.6) is 0 Å². The highest BCUT2D eigenvalue weighted by Crippen LogP contribution is 2.32. The SMILES string of the molecule is C[C@H](C=O)[C@@H]1OC(C)(C)OC[C@@H]1N(COCc1ccccc1)S(=O)(=O)c1ccccc1. The molecule has 3 atom stereocenters. The molecule has 1 heterocycles. The van der Waals surface area contributed by atoms with E-state index < -0.39 is 33.9 Å². The van der Waals surface area contributed by atoms with Crippen molar-refractivity contribution in [3.05, 3.63) is 66.2 Å². The van der Waals surface area contributed by atoms with Gasteiger partial charge >= 0.3 is 0 Å². The highest BCUT2D eigenvalue weighted by atomic mass is 32.2. The van der Waals surface area contributed by atoms with E-state index in [9.17, 15) is 13.2 Å². The lowest BCUT2D eigenvalue weighted by molar-refractivity contribution is -0.297. The van der Waals surface area contributed by atoms with Crippen LogP contribution in [0.4, 0.5) is 0 Å². The van der Waals surface area contributed by atoms with E-state index in [4.69, 9.17) is 14.2 Å². The summed E-state index contributed by atoms with van der Waals surface area (Å²) in [6, 6.07) is 16.9. The Kier molecular flexibility index (Phi) is 7.61. The van der Waals surface area contributed by atoms with E-state index >= 15 is 0 Å². The molecule has 0 radical (unpaired) electrons. The highest BCUT2D eigenvalue weighted by molar-refractivity contribution is 7.89. The van der Waals surface area contributed by atoms with Gasteiger partial charge < -0.3 is 19.0 Å². The first-order valence-electron chi connectivity index (χ1n) is 10.2. The summed E-state index contributed by atoms with van der Waals surface area (Å²) in [5.74, 6) is -1.46. The third-order valence-corrected chi connectivity index (χ3v) is 7.05. The molecule has 0 spiro atoms. The second kappa shape index (κ2) is 10.0. The Labute approximate surface area is 184 Å². The van der Waals surface area contributed by atoms with Crippen molar-refractivity contribution in [2.24, 2.45) is 5.92 Å². The van der Waals surface area contributed by atoms with E-state index in [0.29, 0.717) is 0 Å². The van der Waals surface area contributed by atoms with Gasteiger partial charge in [0, 0.05) is 5.92 Å². The van der Waals surface area contributed by atoms with Crippen LogP contribution in [-0.4, -0.2) is 50.3 Å². The molecule has 0 amide bonds. The Bertz CT molecular complexity index is 949. The predicted molar refractivity (Wildman–Crippen MR) is 115 cm³/mol. The lowest BCUT2D eigenvalue weighted by atomic mass is 9.97. The Morgan fingerprint density at radius 3 is 2.35 bits per heavy atom. The zero-order valence-electron chi connectivity index (χ0n) is 18.0. The van der Waals surface area contributed by atoms with E-state index in [2.05, 4.69) is 0 Å². The van der Waals surface area contributed by atoms with E-state index in [-0.39, 0.29) is 24.8 Å². The van der Waals surface area contributed by atoms with Gasteiger partial charge in [0.25, 0.3) is 0 Å². The molecular formula is C23H29NO6S. The van der Waals surface area contributed by atoms with Crippen LogP contribution in [0.3, 0.4) is 0 Å². The fourth-order valence-electron chi connectivity index (χ4n) is 3.50. The molecule has 0 aliphatic carbocycles. The predicted octanol–water partition coefficient (Wildman–Crippen LogP) is 3.21. The minimum Gasteiger partial charge on any atom is -0.360 e. The maximum atomic E-state index is 13.5. The maximum absolute atomic E-state index is 13.5. The molecule has 168 valence electrons. The van der Waals surface area contributed by atoms with Crippen molar-refractivity contribution in [2.45, 2.75) is 50.2 Å². The van der Waals surface area contributed by atoms with Crippen molar-refractivity contribution in [3.8, 4) is 0 Å². The molecule has 0 unspecified atom stereocenters. The Morgan fingerprint density at radius 2 is 1.74 bits per heavy atom. The standard InChI is InChI=1S/C23H29NO6S/c1-18(14-25)22-21(16-29-23(2,3)30-22)24(17-28-15-19-10-6-4-7-11-19)31(26,27)20-12-8-5-9-13-20/h4-14,18,21-22H,15-17H2,1-3H3/t18-,21+,22+/m1/s1. The van der Waals surface area contributed by atoms with Crippen molar-refractivity contribution in [1.82, 2.24) is 4.31 Å². The number of ether oxygens (including phenoxy) is 3. The lowest BCUT2D eigenvalue weighted by Crippen LogP contribution is -2.59. The zero-order valence-corrected chi connectivity index (χ0v) is 18.8. The van der Waals surface area contributed by atoms with Crippen molar-refractivity contribution in [2.75, 3.05) is 13.3 Å². The number of carbonyl (C=O) groups is 1. The van der Waals surface area contributed by atoms with Crippen LogP contribution < -0.4 is 0 Å². The van der Waals surface area contributed by atoms with Gasteiger partial charge in [-0.3, -0.25) is 0 Å². The maximum Gasteiger partial charge on any atom is 0.245 e. The number of aldehydes is 1. The molecule has 0 bridgehead atoms. The molecule has 1 aliphatic rings. The molecule has 2 aromatic carbocycles. The Morgan fingerprint density at radius 1 is 1.13 bits per heavy atom. The van der Waals surface area contributed by atoms with Gasteiger partial charge in [0.1, 0.15) is 13.0 Å². The molecule has 1 fully saturated rings. The highest BCUT2D eigenvalue weighted by Gasteiger charge is 2.46. The van der Waals surface area contributed by atoms with E-state index in [1.54, 1.807) is 39.0 Å². The number of hydrogen-bond acceptors (Lipinski definition) is 6. The second-order valence-electron chi connectivity index (χ2n) is 8.02. The first-order valence-corrected chi connectivity index (χ1v) is 11.6. The first-order chi connectivity index (χ1) is 14.7. The number of hydrogen-bond donors (Lipinski definition) is 0. The largest absolute Gasteiger partial charge is 0.360 e. The van der Waals surface area contributed by atoms with Crippen molar-refractivity contribution < 1.29 is 27.4 Å². The van der Waals surface area contributed by atoms with E-state index in [1.165, 1.54) is 16.4 Å². The van der Waals surface area contributed by atoms with Gasteiger partial charge in [0.15, 0.2) is 5.79 Å². The van der Waals surface area contributed by atoms with E-state index in [1.807, 2.05) is 30.3 Å². The number of carbonyl (C=O) groups excluding carboxylic acids is 1. The molecule has 1 aliphatic heterocycles. The summed E-state index contributed by atoms with van der Waals surface area (Å²) in [5.41, 5.74) is 0.926. The van der Waals surface area contributed by atoms with Crippen molar-refractivity contribution in [3.63, 3.8) is 0 Å². The number of sulfonamides is 1. The van der Waals surface area contributed by atoms with Gasteiger partial charge in [-0.25, -0.2) is 8.42 Å². The normalized spacial score (nSPS) is 22.2. The summed E-state index contributed by atoms with van der Waals surface area (Å²) in [6.45, 7) is 5.33. The minimum absolute atomic E-state index is 0.0800. The van der Waals surface area contributed by atoms with Gasteiger partial charge in [-0.05, 0) is 31.5 Å². The summed E-state index contributed by atoms with van der Waals surface area (Å²) in [5, 5.41) is 0. The smallest absolute Gasteiger partial charge is 0.245 e. The second-order valence-corrected chi connectivity index (χ2v) is 9.91. The molecule has 0 saturated carbocycles. The first kappa shape index (κ1) is 23.6. The molecule has 0 aromatic heterocycles. The van der Waals surface area contributed by atoms with Crippen molar-refractivity contribution >= 4 is 16.3 Å². The molecule has 7 nitrogen and oxygen atoms in total. The molecule has 1 saturated heterocycles. The molecule has 2 aromatic rings. The third kappa shape index (κ3) is 5.78. The molecular weight excluding hydrogens is 418 g/mol. The van der Waals surface area contributed by atoms with E-state index in [0.717, 1.165) is 11.8 Å². The molecule has 31 heavy (non-hydrogen) atoms. The number of rotatable bonds is 9. The number of nitrogens with zero attached hydrogens (tertiary/aromatic N) is 1. The van der Waals surface area contributed by atoms with Crippen LogP contribution in [0.1, 0.15) is 26.3 Å². The Hall–Kier alpha value is -2.10. The molecule has 8 heteroatoms. The fraction of sp³-hybridized carbons (Fsp3) is 0.435. The van der Waals surface area contributed by atoms with Crippen LogP contribution in [0, 0.1) is 5.92 Å². The average Bonchev–Trinajstić information content (AvgIpc) is 2.77. The van der Waals surface area contributed by atoms with Gasteiger partial charge in [-0.1, -0.05) is 55.5 Å². The fourth-order valence-corrected chi connectivity index (χ4v) is 5.02. The van der Waals surface area contributed by atoms with Crippen LogP contribution in [-0.2, 0) is 35.6 Å². The van der Waals surface area contributed by atoms with Crippen LogP contribution >= 0.6 is 0 Å². The van der Waals surface area contributed by atoms with Gasteiger partial charge in [-0.15, -0.1) is 0 Å². The summed E-state index contributed by atoms with van der Waals surface area (Å²) >= 11 is 0. The quantitative estimate of drug-likeness (QED) is 0.434. The summed E-state index contributed by atoms with van der Waals surface area (Å²) in [7, 11) is -3.93. The minimum atomic E-state index is -3.93. The average molecular weight is 448 g/mol. The Balaban J connectivity index is 1.91. The van der Waals surface area contributed by atoms with Gasteiger partial charge in [0.05, 0.1) is 30.3 Å². The monoisotopic (exact) mass is 447 g/mol. The number of benzene rings is 2. The van der Waals surface area contributed by atoms with Crippen LogP contribution in [0.15, 0.2) is 65.6 Å². The molecule has 0 N–H and O–H groups in total. The van der Waals surface area contributed by atoms with Crippen molar-refractivity contribution in [1.29, 1.82) is 0 Å². The van der Waals surface area contributed by atoms with Crippen LogP contribution in [0.2, 0.25) is 0 Å². The van der Waals surface area contributed by atoms with Gasteiger partial charge in [-0.2, -0.15) is 4.31 Å². The summed E-state index contributed by atoms with van der Waals surface area (Å²) < 4.78 is 45.9. The van der Waals surface area contributed by atoms with Gasteiger partial charge in [0.2, 0.25) is 10.0 Å². The third-order valence-electron chi connectivity index (χ3n) is 5.18. The topological polar surface area (TPSA) is 82.1 Å². The summed E-state index contributed by atoms with van der Waals surface area (Å²) in [4.78, 5) is 11.7. The summed E-state index contributed by atoms with van der Waals surface area (Å²) in [6.07, 6.45) is 0.0945. The zero-order chi connectivity index (χ0) is 22.5. The van der Waals surface area contributed by atoms with Crippen LogP contribution in [0.25, 0.3) is 0 Å². The molecule has 3 rings (SSSR count).